The first-order valence-electron chi connectivity index (χ1n) is 7.47. The number of likely N-dealkylation sites (N-methyl/N-ethyl adjacent to an activating group) is 1. The molecule has 0 radical (unpaired) electrons. The molecule has 2 amide bonds. The van der Waals surface area contributed by atoms with Crippen molar-refractivity contribution in [3.63, 3.8) is 0 Å². The highest BCUT2D eigenvalue weighted by Crippen LogP contribution is 2.47. The first kappa shape index (κ1) is 16.6. The molecule has 2 atom stereocenters. The molecule has 2 aliphatic heterocycles. The van der Waals surface area contributed by atoms with Crippen molar-refractivity contribution in [1.82, 2.24) is 9.80 Å². The molecule has 23 heavy (non-hydrogen) atoms. The second kappa shape index (κ2) is 5.98. The fraction of sp³-hybridized carbons (Fsp3) is 0.500. The van der Waals surface area contributed by atoms with Gasteiger partial charge in [-0.15, -0.1) is 11.8 Å². The Labute approximate surface area is 144 Å². The molecule has 0 saturated carbocycles. The van der Waals surface area contributed by atoms with Crippen LogP contribution in [0.4, 0.5) is 4.39 Å². The minimum atomic E-state index is -0.476. The van der Waals surface area contributed by atoms with E-state index in [1.165, 1.54) is 17.0 Å². The minimum Gasteiger partial charge on any atom is -0.339 e. The molecule has 124 valence electrons. The summed E-state index contributed by atoms with van der Waals surface area (Å²) >= 11 is 7.67. The van der Waals surface area contributed by atoms with Crippen LogP contribution in [0.15, 0.2) is 18.2 Å². The van der Waals surface area contributed by atoms with Crippen LogP contribution in [0.2, 0.25) is 5.02 Å². The third-order valence-corrected chi connectivity index (χ3v) is 6.42. The summed E-state index contributed by atoms with van der Waals surface area (Å²) in [5, 5.41) is 0.299. The zero-order valence-electron chi connectivity index (χ0n) is 13.0. The number of benzene rings is 1. The molecule has 0 bridgehead atoms. The van der Waals surface area contributed by atoms with Gasteiger partial charge < -0.3 is 9.80 Å². The summed E-state index contributed by atoms with van der Waals surface area (Å²) < 4.78 is 13.9. The first-order chi connectivity index (χ1) is 10.8. The van der Waals surface area contributed by atoms with Crippen LogP contribution >= 0.6 is 23.4 Å². The van der Waals surface area contributed by atoms with Gasteiger partial charge in [0, 0.05) is 36.4 Å². The van der Waals surface area contributed by atoms with E-state index in [0.717, 1.165) is 6.42 Å². The molecular formula is C16H18ClFN2O2S. The van der Waals surface area contributed by atoms with Crippen molar-refractivity contribution in [3.05, 3.63) is 34.6 Å². The molecule has 0 N–H and O–H groups in total. The summed E-state index contributed by atoms with van der Waals surface area (Å²) in [7, 11) is 1.62. The second-order valence-electron chi connectivity index (χ2n) is 6.16. The van der Waals surface area contributed by atoms with Crippen LogP contribution in [-0.4, -0.2) is 45.3 Å². The van der Waals surface area contributed by atoms with Crippen LogP contribution in [0.3, 0.4) is 0 Å². The molecule has 4 nitrogen and oxygen atoms in total. The van der Waals surface area contributed by atoms with E-state index in [9.17, 15) is 14.0 Å². The summed E-state index contributed by atoms with van der Waals surface area (Å²) in [5.74, 6) is 0.000152. The van der Waals surface area contributed by atoms with Gasteiger partial charge in [0.25, 0.3) is 0 Å². The van der Waals surface area contributed by atoms with Crippen molar-refractivity contribution in [2.75, 3.05) is 12.8 Å². The Kier molecular flexibility index (Phi) is 4.31. The molecule has 7 heteroatoms. The zero-order chi connectivity index (χ0) is 16.8. The summed E-state index contributed by atoms with van der Waals surface area (Å²) in [6, 6.07) is 3.98. The van der Waals surface area contributed by atoms with E-state index in [1.54, 1.807) is 29.8 Å². The molecule has 2 heterocycles. The Morgan fingerprint density at radius 2 is 2.30 bits per heavy atom. The number of fused-ring (bicyclic) bond motifs is 1. The van der Waals surface area contributed by atoms with Crippen LogP contribution in [0.5, 0.6) is 0 Å². The molecule has 1 aromatic rings. The number of halogens is 2. The lowest BCUT2D eigenvalue weighted by atomic mass is 10.1. The Morgan fingerprint density at radius 1 is 1.57 bits per heavy atom. The van der Waals surface area contributed by atoms with E-state index < -0.39 is 11.9 Å². The number of nitrogens with zero attached hydrogens (tertiary/aromatic N) is 2. The van der Waals surface area contributed by atoms with Crippen LogP contribution in [0.1, 0.15) is 25.3 Å². The van der Waals surface area contributed by atoms with E-state index in [0.29, 0.717) is 22.8 Å². The van der Waals surface area contributed by atoms with Gasteiger partial charge >= 0.3 is 0 Å². The van der Waals surface area contributed by atoms with Gasteiger partial charge in [0.2, 0.25) is 11.8 Å². The average molecular weight is 357 g/mol. The predicted octanol–water partition coefficient (Wildman–Crippen LogP) is 2.89. The van der Waals surface area contributed by atoms with Crippen LogP contribution < -0.4 is 0 Å². The Hall–Kier alpha value is -1.27. The lowest BCUT2D eigenvalue weighted by molar-refractivity contribution is -0.143. The quantitative estimate of drug-likeness (QED) is 0.836. The fourth-order valence-corrected chi connectivity index (χ4v) is 4.90. The lowest BCUT2D eigenvalue weighted by Gasteiger charge is -2.32. The van der Waals surface area contributed by atoms with Gasteiger partial charge in [-0.1, -0.05) is 17.7 Å². The maximum Gasteiger partial charge on any atom is 0.246 e. The van der Waals surface area contributed by atoms with E-state index in [1.807, 2.05) is 6.92 Å². The smallest absolute Gasteiger partial charge is 0.246 e. The maximum absolute atomic E-state index is 13.9. The summed E-state index contributed by atoms with van der Waals surface area (Å²) in [4.78, 5) is 27.8. The molecule has 2 fully saturated rings. The monoisotopic (exact) mass is 356 g/mol. The predicted molar refractivity (Wildman–Crippen MR) is 88.6 cm³/mol. The first-order valence-corrected chi connectivity index (χ1v) is 8.84. The molecule has 0 aromatic heterocycles. The number of amides is 2. The number of hydrogen-bond acceptors (Lipinski definition) is 3. The molecule has 1 aromatic carbocycles. The summed E-state index contributed by atoms with van der Waals surface area (Å²) in [6.07, 6.45) is 1.25. The van der Waals surface area contributed by atoms with Gasteiger partial charge in [-0.05, 0) is 25.5 Å². The van der Waals surface area contributed by atoms with Gasteiger partial charge in [0.05, 0.1) is 4.87 Å². The van der Waals surface area contributed by atoms with Gasteiger partial charge in [-0.3, -0.25) is 9.59 Å². The molecule has 2 saturated heterocycles. The van der Waals surface area contributed by atoms with Gasteiger partial charge in [-0.2, -0.15) is 0 Å². The fourth-order valence-electron chi connectivity index (χ4n) is 3.26. The van der Waals surface area contributed by atoms with Gasteiger partial charge in [0.15, 0.2) is 0 Å². The van der Waals surface area contributed by atoms with E-state index in [4.69, 9.17) is 11.6 Å². The maximum atomic E-state index is 13.9. The molecule has 2 unspecified atom stereocenters. The zero-order valence-corrected chi connectivity index (χ0v) is 14.6. The molecule has 2 aliphatic rings. The topological polar surface area (TPSA) is 40.6 Å². The molecule has 3 rings (SSSR count). The van der Waals surface area contributed by atoms with Crippen molar-refractivity contribution in [2.24, 2.45) is 0 Å². The van der Waals surface area contributed by atoms with Crippen molar-refractivity contribution in [2.45, 2.75) is 37.2 Å². The number of thioether (sulfide) groups is 1. The highest BCUT2D eigenvalue weighted by molar-refractivity contribution is 8.01. The van der Waals surface area contributed by atoms with Crippen LogP contribution in [0.25, 0.3) is 0 Å². The van der Waals surface area contributed by atoms with Crippen molar-refractivity contribution < 1.29 is 14.0 Å². The van der Waals surface area contributed by atoms with Crippen LogP contribution in [0, 0.1) is 5.82 Å². The van der Waals surface area contributed by atoms with E-state index in [2.05, 4.69) is 0 Å². The second-order valence-corrected chi connectivity index (χ2v) is 8.07. The van der Waals surface area contributed by atoms with Gasteiger partial charge in [-0.25, -0.2) is 4.39 Å². The van der Waals surface area contributed by atoms with Crippen molar-refractivity contribution >= 4 is 35.2 Å². The Bertz CT molecular complexity index is 651. The van der Waals surface area contributed by atoms with Crippen molar-refractivity contribution in [3.8, 4) is 0 Å². The standard InChI is InChI=1S/C16H18ClFN2O2S/c1-16-7-6-14(21)20(16)13(9-23-16)15(22)19(2)8-10-11(17)4-3-5-12(10)18/h3-5,13H,6-9H2,1-2H3. The normalized spacial score (nSPS) is 26.5. The van der Waals surface area contributed by atoms with Crippen LogP contribution in [-0.2, 0) is 16.1 Å². The Balaban J connectivity index is 1.77. The van der Waals surface area contributed by atoms with E-state index >= 15 is 0 Å². The molecule has 0 aliphatic carbocycles. The number of rotatable bonds is 3. The lowest BCUT2D eigenvalue weighted by Crippen LogP contribution is -2.50. The molecule has 0 spiro atoms. The highest BCUT2D eigenvalue weighted by atomic mass is 35.5. The largest absolute Gasteiger partial charge is 0.339 e. The number of carbonyl (C=O) groups is 2. The number of hydrogen-bond donors (Lipinski definition) is 0. The third-order valence-electron chi connectivity index (χ3n) is 4.56. The van der Waals surface area contributed by atoms with E-state index in [-0.39, 0.29) is 23.2 Å². The molecular weight excluding hydrogens is 339 g/mol. The minimum absolute atomic E-state index is 0.0215. The average Bonchev–Trinajstić information content (AvgIpc) is 2.99. The van der Waals surface area contributed by atoms with Crippen molar-refractivity contribution in [1.29, 1.82) is 0 Å². The summed E-state index contributed by atoms with van der Waals surface area (Å²) in [5.41, 5.74) is 0.297. The Morgan fingerprint density at radius 3 is 3.00 bits per heavy atom. The highest BCUT2D eigenvalue weighted by Gasteiger charge is 2.53. The summed E-state index contributed by atoms with van der Waals surface area (Å²) in [6.45, 7) is 2.09. The van der Waals surface area contributed by atoms with Gasteiger partial charge in [0.1, 0.15) is 11.9 Å². The SMILES string of the molecule is CN(Cc1c(F)cccc1Cl)C(=O)C1CSC2(C)CCC(=O)N12. The number of carbonyl (C=O) groups excluding carboxylic acids is 2. The third kappa shape index (κ3) is 2.83.